The van der Waals surface area contributed by atoms with Gasteiger partial charge >= 0.3 is 5.97 Å². The highest BCUT2D eigenvalue weighted by molar-refractivity contribution is 7.17. The molecule has 0 aromatic carbocycles. The van der Waals surface area contributed by atoms with Gasteiger partial charge in [-0.25, -0.2) is 4.79 Å². The van der Waals surface area contributed by atoms with E-state index in [2.05, 4.69) is 12.2 Å². The van der Waals surface area contributed by atoms with Crippen LogP contribution in [0.4, 0.5) is 5.00 Å². The topological polar surface area (TPSA) is 55.4 Å². The number of methoxy groups -OCH3 is 1. The van der Waals surface area contributed by atoms with Gasteiger partial charge in [0.05, 0.1) is 12.7 Å². The Hall–Kier alpha value is -1.36. The molecule has 2 rings (SSSR count). The van der Waals surface area contributed by atoms with Gasteiger partial charge in [0.2, 0.25) is 5.91 Å². The van der Waals surface area contributed by atoms with Crippen LogP contribution in [0, 0.1) is 0 Å². The van der Waals surface area contributed by atoms with E-state index in [1.165, 1.54) is 121 Å². The van der Waals surface area contributed by atoms with Crippen molar-refractivity contribution in [3.63, 3.8) is 0 Å². The van der Waals surface area contributed by atoms with Crippen LogP contribution in [-0.2, 0) is 22.4 Å². The Labute approximate surface area is 225 Å². The number of amides is 1. The zero-order valence-corrected chi connectivity index (χ0v) is 24.2. The maximum atomic E-state index is 12.4. The van der Waals surface area contributed by atoms with Gasteiger partial charge in [0.15, 0.2) is 0 Å². The van der Waals surface area contributed by atoms with E-state index in [1.54, 1.807) is 11.3 Å². The molecular formula is C31H53NO3S. The molecule has 1 aliphatic carbocycles. The first kappa shape index (κ1) is 30.9. The Morgan fingerprint density at radius 1 is 0.722 bits per heavy atom. The molecule has 1 aliphatic rings. The number of aryl methyl sites for hydroxylation is 1. The van der Waals surface area contributed by atoms with Gasteiger partial charge in [-0.1, -0.05) is 122 Å². The summed E-state index contributed by atoms with van der Waals surface area (Å²) < 4.78 is 4.96. The van der Waals surface area contributed by atoms with Crippen LogP contribution in [0.1, 0.15) is 163 Å². The Kier molecular flexibility index (Phi) is 16.9. The van der Waals surface area contributed by atoms with Crippen LogP contribution in [0.5, 0.6) is 0 Å². The molecule has 5 heteroatoms. The minimum absolute atomic E-state index is 0.0204. The Morgan fingerprint density at radius 2 is 1.19 bits per heavy atom. The van der Waals surface area contributed by atoms with Gasteiger partial charge < -0.3 is 10.1 Å². The average molecular weight is 520 g/mol. The fourth-order valence-corrected chi connectivity index (χ4v) is 6.66. The molecule has 0 radical (unpaired) electrons. The minimum Gasteiger partial charge on any atom is -0.465 e. The predicted molar refractivity (Wildman–Crippen MR) is 154 cm³/mol. The van der Waals surface area contributed by atoms with Crippen molar-refractivity contribution in [2.75, 3.05) is 12.4 Å². The lowest BCUT2D eigenvalue weighted by atomic mass is 10.0. The number of carbonyl (C=O) groups excluding carboxylic acids is 2. The number of thiophene rings is 1. The number of nitrogens with one attached hydrogen (secondary N) is 1. The molecule has 206 valence electrons. The summed E-state index contributed by atoms with van der Waals surface area (Å²) in [6, 6.07) is 0. The highest BCUT2D eigenvalue weighted by Gasteiger charge is 2.27. The zero-order chi connectivity index (χ0) is 25.8. The van der Waals surface area contributed by atoms with E-state index in [4.69, 9.17) is 4.74 Å². The molecule has 1 aromatic rings. The summed E-state index contributed by atoms with van der Waals surface area (Å²) in [5, 5.41) is 3.68. The Bertz CT molecular complexity index is 742. The monoisotopic (exact) mass is 519 g/mol. The second-order valence-corrected chi connectivity index (χ2v) is 11.8. The number of fused-ring (bicyclic) bond motifs is 1. The standard InChI is InChI=1S/C31H53NO3S/c1-3-4-5-6-7-8-9-10-11-12-13-14-15-16-17-18-19-20-21-25-28(33)32-30-29(31(34)35-2)26-23-22-24-27(26)36-30/h3-25H2,1-2H3,(H,32,33). The maximum Gasteiger partial charge on any atom is 0.341 e. The maximum absolute atomic E-state index is 12.4. The molecule has 0 saturated carbocycles. The summed E-state index contributed by atoms with van der Waals surface area (Å²) in [5.41, 5.74) is 1.68. The van der Waals surface area contributed by atoms with Crippen LogP contribution in [0.25, 0.3) is 0 Å². The van der Waals surface area contributed by atoms with Crippen LogP contribution >= 0.6 is 11.3 Å². The first-order chi connectivity index (χ1) is 17.7. The largest absolute Gasteiger partial charge is 0.465 e. The molecule has 0 atom stereocenters. The number of ether oxygens (including phenoxy) is 1. The van der Waals surface area contributed by atoms with Crippen molar-refractivity contribution in [1.82, 2.24) is 0 Å². The van der Waals surface area contributed by atoms with Crippen LogP contribution in [-0.4, -0.2) is 19.0 Å². The smallest absolute Gasteiger partial charge is 0.341 e. The molecule has 1 amide bonds. The van der Waals surface area contributed by atoms with Gasteiger partial charge in [-0.3, -0.25) is 4.79 Å². The van der Waals surface area contributed by atoms with Gasteiger partial charge in [-0.15, -0.1) is 11.3 Å². The lowest BCUT2D eigenvalue weighted by Crippen LogP contribution is -2.14. The van der Waals surface area contributed by atoms with Gasteiger partial charge in [-0.05, 0) is 31.2 Å². The lowest BCUT2D eigenvalue weighted by Gasteiger charge is -2.07. The van der Waals surface area contributed by atoms with Crippen molar-refractivity contribution in [1.29, 1.82) is 0 Å². The molecule has 1 heterocycles. The first-order valence-electron chi connectivity index (χ1n) is 15.2. The molecule has 0 aliphatic heterocycles. The molecule has 0 unspecified atom stereocenters. The van der Waals surface area contributed by atoms with Crippen molar-refractivity contribution >= 4 is 28.2 Å². The first-order valence-corrected chi connectivity index (χ1v) is 16.0. The van der Waals surface area contributed by atoms with E-state index < -0.39 is 0 Å². The third kappa shape index (κ3) is 12.3. The molecule has 1 aromatic heterocycles. The fraction of sp³-hybridized carbons (Fsp3) is 0.806. The van der Waals surface area contributed by atoms with E-state index in [-0.39, 0.29) is 11.9 Å². The Balaban J connectivity index is 1.38. The number of unbranched alkanes of at least 4 members (excludes halogenated alkanes) is 18. The van der Waals surface area contributed by atoms with Crippen LogP contribution in [0.3, 0.4) is 0 Å². The molecule has 0 bridgehead atoms. The summed E-state index contributed by atoms with van der Waals surface area (Å²) in [6.45, 7) is 2.29. The van der Waals surface area contributed by atoms with Crippen molar-refractivity contribution in [3.8, 4) is 0 Å². The van der Waals surface area contributed by atoms with Gasteiger partial charge in [0.25, 0.3) is 0 Å². The molecular weight excluding hydrogens is 466 g/mol. The summed E-state index contributed by atoms with van der Waals surface area (Å²) in [5.74, 6) is -0.305. The number of esters is 1. The van der Waals surface area contributed by atoms with E-state index >= 15 is 0 Å². The van der Waals surface area contributed by atoms with Crippen LogP contribution in [0.15, 0.2) is 0 Å². The highest BCUT2D eigenvalue weighted by Crippen LogP contribution is 2.39. The number of rotatable bonds is 22. The molecule has 0 saturated heterocycles. The predicted octanol–water partition coefficient (Wildman–Crippen LogP) is 9.78. The van der Waals surface area contributed by atoms with Gasteiger partial charge in [0, 0.05) is 11.3 Å². The second kappa shape index (κ2) is 19.7. The van der Waals surface area contributed by atoms with Crippen molar-refractivity contribution in [3.05, 3.63) is 16.0 Å². The SMILES string of the molecule is CCCCCCCCCCCCCCCCCCCCCC(=O)Nc1sc2c(c1C(=O)OC)CCC2. The van der Waals surface area contributed by atoms with Crippen LogP contribution < -0.4 is 5.32 Å². The van der Waals surface area contributed by atoms with E-state index in [0.717, 1.165) is 37.7 Å². The van der Waals surface area contributed by atoms with Crippen molar-refractivity contribution in [2.45, 2.75) is 155 Å². The average Bonchev–Trinajstić information content (AvgIpc) is 3.46. The van der Waals surface area contributed by atoms with E-state index in [0.29, 0.717) is 17.0 Å². The van der Waals surface area contributed by atoms with Gasteiger partial charge in [0.1, 0.15) is 5.00 Å². The number of carbonyl (C=O) groups is 2. The minimum atomic E-state index is -0.326. The highest BCUT2D eigenvalue weighted by atomic mass is 32.1. The number of hydrogen-bond donors (Lipinski definition) is 1. The molecule has 1 N–H and O–H groups in total. The zero-order valence-electron chi connectivity index (χ0n) is 23.4. The van der Waals surface area contributed by atoms with Crippen molar-refractivity contribution < 1.29 is 14.3 Å². The summed E-state index contributed by atoms with van der Waals surface area (Å²) >= 11 is 1.55. The molecule has 4 nitrogen and oxygen atoms in total. The molecule has 0 spiro atoms. The third-order valence-electron chi connectivity index (χ3n) is 7.57. The van der Waals surface area contributed by atoms with Crippen LogP contribution in [0.2, 0.25) is 0 Å². The summed E-state index contributed by atoms with van der Waals surface area (Å²) in [6.07, 6.45) is 29.2. The number of anilines is 1. The normalized spacial score (nSPS) is 12.6. The summed E-state index contributed by atoms with van der Waals surface area (Å²) in [7, 11) is 1.41. The van der Waals surface area contributed by atoms with Crippen molar-refractivity contribution in [2.24, 2.45) is 0 Å². The second-order valence-electron chi connectivity index (χ2n) is 10.7. The summed E-state index contributed by atoms with van der Waals surface area (Å²) in [4.78, 5) is 25.9. The fourth-order valence-electron chi connectivity index (χ4n) is 5.36. The lowest BCUT2D eigenvalue weighted by molar-refractivity contribution is -0.116. The third-order valence-corrected chi connectivity index (χ3v) is 8.78. The Morgan fingerprint density at radius 3 is 1.67 bits per heavy atom. The molecule has 0 fully saturated rings. The van der Waals surface area contributed by atoms with Gasteiger partial charge in [-0.2, -0.15) is 0 Å². The molecule has 36 heavy (non-hydrogen) atoms. The van der Waals surface area contributed by atoms with E-state index in [9.17, 15) is 9.59 Å². The number of hydrogen-bond acceptors (Lipinski definition) is 4. The van der Waals surface area contributed by atoms with E-state index in [1.807, 2.05) is 0 Å². The quantitative estimate of drug-likeness (QED) is 0.122.